The van der Waals surface area contributed by atoms with Crippen LogP contribution in [0.25, 0.3) is 0 Å². The van der Waals surface area contributed by atoms with E-state index in [0.29, 0.717) is 74.4 Å². The van der Waals surface area contributed by atoms with Gasteiger partial charge in [0, 0.05) is 80.5 Å². The Bertz CT molecular complexity index is 3630. The number of ether oxygens (including phenoxy) is 6. The molecule has 4 aliphatic carbocycles. The van der Waals surface area contributed by atoms with E-state index in [9.17, 15) is 18.0 Å². The lowest BCUT2D eigenvalue weighted by Crippen LogP contribution is -2.51. The molecule has 2 unspecified atom stereocenters. The van der Waals surface area contributed by atoms with E-state index in [4.69, 9.17) is 51.6 Å². The van der Waals surface area contributed by atoms with E-state index < -0.39 is 19.4 Å². The number of anilines is 2. The summed E-state index contributed by atoms with van der Waals surface area (Å²) in [5.41, 5.74) is 7.52. The Morgan fingerprint density at radius 3 is 1.32 bits per heavy atom. The number of amides is 2. The number of carbonyl (C=O) groups is 2. The zero-order chi connectivity index (χ0) is 69.0. The molecule has 4 aromatic carbocycles. The van der Waals surface area contributed by atoms with Crippen molar-refractivity contribution in [3.63, 3.8) is 0 Å². The number of nitrogens with zero attached hydrogens (tertiary/aromatic N) is 4. The quantitative estimate of drug-likeness (QED) is 0.147. The number of likely N-dealkylation sites (N-methyl/N-ethyl adjacent to an activating group) is 2. The number of allylic oxidation sites excluding steroid dienone is 2. The second kappa shape index (κ2) is 29.3. The fourth-order valence-corrected chi connectivity index (χ4v) is 20.7. The molecular formula is C78H104Cl2N6O10S2. The van der Waals surface area contributed by atoms with Crippen molar-refractivity contribution in [3.8, 4) is 11.5 Å². The lowest BCUT2D eigenvalue weighted by Gasteiger charge is -2.48. The molecule has 2 amide bonds. The zero-order valence-corrected chi connectivity index (χ0v) is 61.9. The topological polar surface area (TPSA) is 161 Å². The summed E-state index contributed by atoms with van der Waals surface area (Å²) in [6.07, 6.45) is 20.4. The van der Waals surface area contributed by atoms with Gasteiger partial charge in [0.05, 0.1) is 82.5 Å². The van der Waals surface area contributed by atoms with Crippen molar-refractivity contribution < 1.29 is 46.4 Å². The van der Waals surface area contributed by atoms with Gasteiger partial charge in [-0.1, -0.05) is 73.5 Å². The molecule has 2 saturated heterocycles. The third-order valence-corrected chi connectivity index (χ3v) is 29.3. The summed E-state index contributed by atoms with van der Waals surface area (Å²) in [6.45, 7) is 14.9. The number of hydrogen-bond acceptors (Lipinski definition) is 14. The molecule has 10 aliphatic rings. The van der Waals surface area contributed by atoms with Crippen LogP contribution in [0.1, 0.15) is 135 Å². The lowest BCUT2D eigenvalue weighted by molar-refractivity contribution is -0.230. The van der Waals surface area contributed by atoms with Gasteiger partial charge in [-0.25, -0.2) is 8.42 Å². The number of carbonyl (C=O) groups excluding carboxylic acids is 2. The second-order valence-corrected chi connectivity index (χ2v) is 36.7. The van der Waals surface area contributed by atoms with Crippen LogP contribution in [0.2, 0.25) is 10.0 Å². The van der Waals surface area contributed by atoms with Crippen LogP contribution in [0.4, 0.5) is 11.4 Å². The molecule has 0 radical (unpaired) electrons. The smallest absolute Gasteiger partial charge is 0.262 e. The highest BCUT2D eigenvalue weighted by molar-refractivity contribution is 7.99. The highest BCUT2D eigenvalue weighted by Gasteiger charge is 2.49. The van der Waals surface area contributed by atoms with E-state index >= 15 is 0 Å². The van der Waals surface area contributed by atoms with E-state index in [0.717, 1.165) is 136 Å². The summed E-state index contributed by atoms with van der Waals surface area (Å²) in [7, 11) is 2.40. The molecule has 6 heterocycles. The molecule has 0 aromatic heterocycles. The molecule has 2 saturated carbocycles. The minimum Gasteiger partial charge on any atom is -0.490 e. The Kier molecular flexibility index (Phi) is 21.3. The maximum atomic E-state index is 13.9. The van der Waals surface area contributed by atoms with Gasteiger partial charge in [0.2, 0.25) is 0 Å². The van der Waals surface area contributed by atoms with Crippen LogP contribution in [0.15, 0.2) is 97.1 Å². The molecule has 4 aromatic rings. The highest BCUT2D eigenvalue weighted by Crippen LogP contribution is 2.51. The van der Waals surface area contributed by atoms with E-state index in [1.165, 1.54) is 22.3 Å². The van der Waals surface area contributed by atoms with E-state index in [-0.39, 0.29) is 81.5 Å². The van der Waals surface area contributed by atoms with Crippen molar-refractivity contribution >= 4 is 77.5 Å². The van der Waals surface area contributed by atoms with Gasteiger partial charge in [-0.3, -0.25) is 19.0 Å². The number of fused-ring (bicyclic) bond motifs is 8. The van der Waals surface area contributed by atoms with Crippen LogP contribution in [0.3, 0.4) is 0 Å². The Labute approximate surface area is 593 Å². The predicted molar refractivity (Wildman–Crippen MR) is 396 cm³/mol. The third-order valence-electron chi connectivity index (χ3n) is 24.4. The molecule has 16 nitrogen and oxygen atoms in total. The first-order valence-corrected chi connectivity index (χ1v) is 40.3. The molecule has 98 heavy (non-hydrogen) atoms. The monoisotopic (exact) mass is 1420 g/mol. The lowest BCUT2D eigenvalue weighted by atomic mass is 9.65. The summed E-state index contributed by atoms with van der Waals surface area (Å²) in [6, 6.07) is 24.4. The first-order chi connectivity index (χ1) is 46.9. The average molecular weight is 1420 g/mol. The van der Waals surface area contributed by atoms with E-state index in [1.54, 1.807) is 12.1 Å². The minimum atomic E-state index is -2.94. The van der Waals surface area contributed by atoms with E-state index in [2.05, 4.69) is 131 Å². The molecule has 6 aliphatic heterocycles. The molecule has 532 valence electrons. The third kappa shape index (κ3) is 14.8. The summed E-state index contributed by atoms with van der Waals surface area (Å²) >= 11 is 13.0. The Morgan fingerprint density at radius 1 is 0.551 bits per heavy atom. The number of hydrogen-bond donors (Lipinski definition) is 2. The minimum absolute atomic E-state index is 0.0407. The summed E-state index contributed by atoms with van der Waals surface area (Å²) in [4.78, 5) is 36.7. The first-order valence-electron chi connectivity index (χ1n) is 36.0. The number of benzene rings is 4. The van der Waals surface area contributed by atoms with Gasteiger partial charge in [0.1, 0.15) is 11.5 Å². The van der Waals surface area contributed by atoms with Gasteiger partial charge >= 0.3 is 0 Å². The summed E-state index contributed by atoms with van der Waals surface area (Å²) in [5.74, 6) is 10.7. The number of aryl methyl sites for hydroxylation is 2. The normalized spacial score (nSPS) is 37.2. The Balaban J connectivity index is 0.000000176. The summed E-state index contributed by atoms with van der Waals surface area (Å²) < 4.78 is 72.7. The Morgan fingerprint density at radius 2 is 0.949 bits per heavy atom. The zero-order valence-electron chi connectivity index (χ0n) is 58.7. The molecule has 20 heteroatoms. The van der Waals surface area contributed by atoms with Crippen molar-refractivity contribution in [1.82, 2.24) is 19.2 Å². The van der Waals surface area contributed by atoms with Gasteiger partial charge in [-0.2, -0.15) is 0 Å². The SMILES string of the molecule is C=S1(=O)NC(=O)c2ccc3c(c2)N(C[C@@H]2CC[C@H]2[C@@H](C2OCC(N(C)C)CO2)/C=C/C[C@H](C)[C@H]1C)C[C@@]1(CCCc2cc(Cl)ccc21)CO3.C=S1(=O)NC(=O)c2ccc3c(c2)N(C[C@@H]2CC[C@H]2[C@H](C2OCC(N(C)C)CO2)/C=C/C[C@H](C)[C@H]1C)C[C@@]1(CCCc2cc(Cl)ccc21)CO3. The fourth-order valence-electron chi connectivity index (χ4n) is 17.3. The van der Waals surface area contributed by atoms with Crippen molar-refractivity contribution in [2.45, 2.75) is 151 Å². The molecule has 14 atom stereocenters. The highest BCUT2D eigenvalue weighted by atomic mass is 35.5. The van der Waals surface area contributed by atoms with Crippen LogP contribution in [-0.4, -0.2) is 171 Å². The van der Waals surface area contributed by atoms with Gasteiger partial charge in [0.25, 0.3) is 11.8 Å². The number of nitrogens with one attached hydrogen (secondary N) is 2. The molecule has 14 rings (SSSR count). The van der Waals surface area contributed by atoms with Crippen LogP contribution in [0, 0.1) is 47.3 Å². The molecule has 2 spiro atoms. The maximum Gasteiger partial charge on any atom is 0.262 e. The van der Waals surface area contributed by atoms with Gasteiger partial charge < -0.3 is 48.0 Å². The first kappa shape index (κ1) is 71.3. The largest absolute Gasteiger partial charge is 0.490 e. The van der Waals surface area contributed by atoms with Crippen molar-refractivity contribution in [2.75, 3.05) is 104 Å². The van der Waals surface area contributed by atoms with Gasteiger partial charge in [-0.15, -0.1) is 0 Å². The van der Waals surface area contributed by atoms with Crippen molar-refractivity contribution in [1.29, 1.82) is 0 Å². The molecule has 4 fully saturated rings. The summed E-state index contributed by atoms with van der Waals surface area (Å²) in [5, 5.41) is 0.876. The standard InChI is InChI=1S/2C39H52ClN3O5S/c2*1-25-8-6-10-33(38-46-21-31(22-47-38)42(3)4)32-14-11-29(32)20-43-23-39(17-7-9-27-18-30(40)13-15-34(27)39)24-48-36-16-12-28(19-35(36)43)37(44)41-49(5,45)26(25)2/h2*6,10,12-13,15-16,18-19,25-26,29,31-33,38H,5,7-9,11,14,17,20-24H2,1-4H3,(H,41,44,45)/b2*10-6+/t25-,26+,29-,31?,32+,33+,38?,39-,49?;25-,26+,29-,31?,32+,33-,38?,39-,49?/m00/s1. The number of halogens is 2. The van der Waals surface area contributed by atoms with Crippen molar-refractivity contribution in [3.05, 3.63) is 141 Å². The van der Waals surface area contributed by atoms with E-state index in [1.807, 2.05) is 50.2 Å². The fraction of sp³-hybridized carbons (Fsp3) is 0.590. The molecule has 2 N–H and O–H groups in total. The second-order valence-electron chi connectivity index (χ2n) is 31.0. The molecular weight excluding hydrogens is 1320 g/mol. The number of rotatable bonds is 4. The maximum absolute atomic E-state index is 13.9. The predicted octanol–water partition coefficient (Wildman–Crippen LogP) is 12.2. The van der Waals surface area contributed by atoms with Crippen LogP contribution in [0.5, 0.6) is 11.5 Å². The average Bonchev–Trinajstić information content (AvgIpc) is 1.49. The van der Waals surface area contributed by atoms with Gasteiger partial charge in [0.15, 0.2) is 12.6 Å². The van der Waals surface area contributed by atoms with Crippen LogP contribution in [-0.2, 0) is 62.0 Å². The van der Waals surface area contributed by atoms with Crippen LogP contribution >= 0.6 is 23.2 Å². The van der Waals surface area contributed by atoms with Gasteiger partial charge in [-0.05, 0) is 249 Å². The van der Waals surface area contributed by atoms with Crippen LogP contribution < -0.4 is 28.7 Å². The molecule has 4 bridgehead atoms. The Hall–Kier alpha value is -5.12. The van der Waals surface area contributed by atoms with Crippen molar-refractivity contribution in [2.24, 2.45) is 47.3 Å².